The van der Waals surface area contributed by atoms with Crippen molar-refractivity contribution in [2.24, 2.45) is 0 Å². The standard InChI is InChI=1S/C23H17FN2O3/c24-18-9-4-8-17(14-18)23(16-6-2-1-3-7-16)11-10-19-20(15-23)26(12-5-13-27)25-21(19)22(28)29/h1-14H,15H2,(H,28,29). The molecule has 29 heavy (non-hydrogen) atoms. The number of hydrogen-bond acceptors (Lipinski definition) is 3. The Hall–Kier alpha value is -3.80. The van der Waals surface area contributed by atoms with Gasteiger partial charge in [-0.1, -0.05) is 54.6 Å². The molecule has 0 saturated heterocycles. The molecule has 1 heterocycles. The Morgan fingerprint density at radius 2 is 1.90 bits per heavy atom. The van der Waals surface area contributed by atoms with Crippen molar-refractivity contribution in [2.45, 2.75) is 11.8 Å². The van der Waals surface area contributed by atoms with Crippen LogP contribution in [0.15, 0.2) is 66.7 Å². The number of nitrogens with zero attached hydrogens (tertiary/aromatic N) is 2. The molecule has 0 spiro atoms. The van der Waals surface area contributed by atoms with Crippen LogP contribution in [0.1, 0.15) is 32.9 Å². The van der Waals surface area contributed by atoms with Gasteiger partial charge in [0.2, 0.25) is 0 Å². The highest BCUT2D eigenvalue weighted by molar-refractivity contribution is 5.91. The van der Waals surface area contributed by atoms with Crippen LogP contribution in [-0.2, 0) is 16.6 Å². The third-order valence-corrected chi connectivity index (χ3v) is 5.17. The molecule has 0 aliphatic heterocycles. The number of benzene rings is 2. The Labute approximate surface area is 166 Å². The Morgan fingerprint density at radius 3 is 2.59 bits per heavy atom. The van der Waals surface area contributed by atoms with E-state index in [-0.39, 0.29) is 11.5 Å². The van der Waals surface area contributed by atoms with Gasteiger partial charge < -0.3 is 5.11 Å². The van der Waals surface area contributed by atoms with Crippen LogP contribution in [0.5, 0.6) is 0 Å². The van der Waals surface area contributed by atoms with Gasteiger partial charge in [-0.25, -0.2) is 13.9 Å². The lowest BCUT2D eigenvalue weighted by Gasteiger charge is -2.35. The van der Waals surface area contributed by atoms with Gasteiger partial charge in [0.15, 0.2) is 5.69 Å². The Bertz CT molecular complexity index is 1150. The molecule has 0 radical (unpaired) electrons. The first-order valence-electron chi connectivity index (χ1n) is 9.02. The number of carboxylic acids is 1. The topological polar surface area (TPSA) is 72.2 Å². The van der Waals surface area contributed by atoms with Gasteiger partial charge in [-0.2, -0.15) is 5.10 Å². The molecule has 3 aromatic rings. The second-order valence-electron chi connectivity index (χ2n) is 6.79. The number of hydrogen-bond donors (Lipinski definition) is 1. The van der Waals surface area contributed by atoms with Crippen LogP contribution in [0.4, 0.5) is 4.39 Å². The van der Waals surface area contributed by atoms with Crippen LogP contribution in [0.2, 0.25) is 0 Å². The third-order valence-electron chi connectivity index (χ3n) is 5.17. The quantitative estimate of drug-likeness (QED) is 0.531. The molecule has 0 saturated carbocycles. The number of rotatable bonds is 5. The van der Waals surface area contributed by atoms with Crippen LogP contribution in [0.3, 0.4) is 0 Å². The smallest absolute Gasteiger partial charge is 0.357 e. The van der Waals surface area contributed by atoms with Gasteiger partial charge in [0.05, 0.1) is 5.69 Å². The molecular formula is C23H17FN2O3. The average molecular weight is 388 g/mol. The maximum atomic E-state index is 14.1. The van der Waals surface area contributed by atoms with Crippen molar-refractivity contribution in [3.63, 3.8) is 0 Å². The van der Waals surface area contributed by atoms with Gasteiger partial charge in [0.1, 0.15) is 12.1 Å². The average Bonchev–Trinajstić information content (AvgIpc) is 3.10. The highest BCUT2D eigenvalue weighted by atomic mass is 19.1. The molecule has 1 N–H and O–H groups in total. The normalized spacial score (nSPS) is 18.0. The summed E-state index contributed by atoms with van der Waals surface area (Å²) < 4.78 is 15.5. The summed E-state index contributed by atoms with van der Waals surface area (Å²) in [7, 11) is 0. The molecule has 6 heteroatoms. The van der Waals surface area contributed by atoms with Crippen molar-refractivity contribution in [3.05, 3.63) is 101 Å². The zero-order valence-electron chi connectivity index (χ0n) is 15.3. The second kappa shape index (κ2) is 7.31. The number of aromatic nitrogens is 2. The first kappa shape index (κ1) is 18.6. The van der Waals surface area contributed by atoms with E-state index in [4.69, 9.17) is 0 Å². The lowest BCUT2D eigenvalue weighted by atomic mass is 9.68. The SMILES string of the molecule is O=CC=Cn1nc(C(=O)O)c2c1CC(c1ccccc1)(c1cccc(F)c1)C=C2. The summed E-state index contributed by atoms with van der Waals surface area (Å²) in [6.07, 6.45) is 7.27. The van der Waals surface area contributed by atoms with E-state index >= 15 is 0 Å². The predicted molar refractivity (Wildman–Crippen MR) is 107 cm³/mol. The molecule has 0 amide bonds. The molecule has 1 aromatic heterocycles. The fourth-order valence-electron chi connectivity index (χ4n) is 3.84. The summed E-state index contributed by atoms with van der Waals surface area (Å²) in [4.78, 5) is 22.4. The van der Waals surface area contributed by atoms with Crippen molar-refractivity contribution in [2.75, 3.05) is 0 Å². The molecule has 5 nitrogen and oxygen atoms in total. The number of allylic oxidation sites excluding steroid dienone is 2. The predicted octanol–water partition coefficient (Wildman–Crippen LogP) is 3.95. The fourth-order valence-corrected chi connectivity index (χ4v) is 3.84. The summed E-state index contributed by atoms with van der Waals surface area (Å²) in [5, 5.41) is 13.7. The largest absolute Gasteiger partial charge is 0.476 e. The molecule has 1 unspecified atom stereocenters. The van der Waals surface area contributed by atoms with Crippen LogP contribution >= 0.6 is 0 Å². The number of carbonyl (C=O) groups is 2. The minimum absolute atomic E-state index is 0.0901. The summed E-state index contributed by atoms with van der Waals surface area (Å²) >= 11 is 0. The Balaban J connectivity index is 1.96. The molecular weight excluding hydrogens is 371 g/mol. The second-order valence-corrected chi connectivity index (χ2v) is 6.79. The molecule has 1 atom stereocenters. The van der Waals surface area contributed by atoms with E-state index in [1.165, 1.54) is 29.1 Å². The van der Waals surface area contributed by atoms with Gasteiger partial charge in [0.25, 0.3) is 0 Å². The lowest BCUT2D eigenvalue weighted by Crippen LogP contribution is -2.31. The van der Waals surface area contributed by atoms with Gasteiger partial charge in [-0.05, 0) is 29.3 Å². The first-order valence-corrected chi connectivity index (χ1v) is 9.02. The lowest BCUT2D eigenvalue weighted by molar-refractivity contribution is -0.104. The van der Waals surface area contributed by atoms with Crippen LogP contribution in [0.25, 0.3) is 12.3 Å². The van der Waals surface area contributed by atoms with Crippen LogP contribution in [-0.4, -0.2) is 27.1 Å². The minimum atomic E-state index is -1.15. The van der Waals surface area contributed by atoms with E-state index in [1.54, 1.807) is 12.1 Å². The highest BCUT2D eigenvalue weighted by Crippen LogP contribution is 2.42. The van der Waals surface area contributed by atoms with Crippen LogP contribution in [0, 0.1) is 5.82 Å². The van der Waals surface area contributed by atoms with Crippen LogP contribution < -0.4 is 0 Å². The number of fused-ring (bicyclic) bond motifs is 1. The number of halogens is 1. The third kappa shape index (κ3) is 3.18. The Kier molecular flexibility index (Phi) is 4.68. The fraction of sp³-hybridized carbons (Fsp3) is 0.0870. The minimum Gasteiger partial charge on any atom is -0.476 e. The number of aromatic carboxylic acids is 1. The highest BCUT2D eigenvalue weighted by Gasteiger charge is 2.38. The molecule has 144 valence electrons. The van der Waals surface area contributed by atoms with Gasteiger partial charge in [0, 0.05) is 23.6 Å². The zero-order valence-corrected chi connectivity index (χ0v) is 15.3. The maximum absolute atomic E-state index is 14.1. The summed E-state index contributed by atoms with van der Waals surface area (Å²) in [6, 6.07) is 16.0. The van der Waals surface area contributed by atoms with Crippen molar-refractivity contribution in [1.29, 1.82) is 0 Å². The van der Waals surface area contributed by atoms with E-state index < -0.39 is 11.4 Å². The molecule has 1 aliphatic carbocycles. The van der Waals surface area contributed by atoms with Gasteiger partial charge in [-0.3, -0.25) is 4.79 Å². The number of carbonyl (C=O) groups excluding carboxylic acids is 1. The molecule has 0 fully saturated rings. The zero-order chi connectivity index (χ0) is 20.4. The number of aldehydes is 1. The summed E-state index contributed by atoms with van der Waals surface area (Å²) in [6.45, 7) is 0. The van der Waals surface area contributed by atoms with Crippen molar-refractivity contribution in [1.82, 2.24) is 9.78 Å². The monoisotopic (exact) mass is 388 g/mol. The molecule has 0 bridgehead atoms. The Morgan fingerprint density at radius 1 is 1.14 bits per heavy atom. The van der Waals surface area contributed by atoms with Crippen molar-refractivity contribution >= 4 is 24.5 Å². The van der Waals surface area contributed by atoms with E-state index in [0.29, 0.717) is 24.0 Å². The van der Waals surface area contributed by atoms with E-state index in [1.807, 2.05) is 42.5 Å². The summed E-state index contributed by atoms with van der Waals surface area (Å²) in [5.41, 5.74) is 2.00. The molecule has 1 aliphatic rings. The van der Waals surface area contributed by atoms with E-state index in [2.05, 4.69) is 5.10 Å². The number of carboxylic acid groups (broad SMARTS) is 1. The maximum Gasteiger partial charge on any atom is 0.357 e. The molecule has 2 aromatic carbocycles. The van der Waals surface area contributed by atoms with Crippen molar-refractivity contribution < 1.29 is 19.1 Å². The first-order chi connectivity index (χ1) is 14.0. The summed E-state index contributed by atoms with van der Waals surface area (Å²) in [5.74, 6) is -1.50. The van der Waals surface area contributed by atoms with Gasteiger partial charge in [-0.15, -0.1) is 0 Å². The van der Waals surface area contributed by atoms with Crippen molar-refractivity contribution in [3.8, 4) is 0 Å². The van der Waals surface area contributed by atoms with E-state index in [9.17, 15) is 19.1 Å². The molecule has 4 rings (SSSR count). The van der Waals surface area contributed by atoms with Gasteiger partial charge >= 0.3 is 5.97 Å². The van der Waals surface area contributed by atoms with E-state index in [0.717, 1.165) is 11.1 Å².